The summed E-state index contributed by atoms with van der Waals surface area (Å²) in [6, 6.07) is 5.58. The molecule has 0 fully saturated rings. The predicted molar refractivity (Wildman–Crippen MR) is 79.1 cm³/mol. The van der Waals surface area contributed by atoms with E-state index in [0.717, 1.165) is 11.1 Å². The molecular formula is C15H20ClNO2. The average molecular weight is 282 g/mol. The van der Waals surface area contributed by atoms with Crippen LogP contribution in [0.1, 0.15) is 31.4 Å². The molecule has 0 aliphatic heterocycles. The van der Waals surface area contributed by atoms with Gasteiger partial charge in [0.05, 0.1) is 6.10 Å². The highest BCUT2D eigenvalue weighted by molar-refractivity contribution is 6.31. The van der Waals surface area contributed by atoms with Gasteiger partial charge < -0.3 is 10.4 Å². The van der Waals surface area contributed by atoms with Crippen LogP contribution in [0.2, 0.25) is 5.02 Å². The van der Waals surface area contributed by atoms with Crippen molar-refractivity contribution in [2.24, 2.45) is 0 Å². The lowest BCUT2D eigenvalue weighted by Gasteiger charge is -2.13. The number of carbonyl (C=O) groups excluding carboxylic acids is 1. The van der Waals surface area contributed by atoms with Gasteiger partial charge in [-0.05, 0) is 50.5 Å². The number of hydrogen-bond donors (Lipinski definition) is 2. The first-order valence-electron chi connectivity index (χ1n) is 6.31. The Morgan fingerprint density at radius 3 is 2.74 bits per heavy atom. The van der Waals surface area contributed by atoms with E-state index in [2.05, 4.69) is 5.32 Å². The summed E-state index contributed by atoms with van der Waals surface area (Å²) in [6.45, 7) is 5.49. The summed E-state index contributed by atoms with van der Waals surface area (Å²) in [5, 5.41) is 12.7. The maximum absolute atomic E-state index is 11.6. The quantitative estimate of drug-likeness (QED) is 0.815. The van der Waals surface area contributed by atoms with Gasteiger partial charge in [-0.15, -0.1) is 0 Å². The van der Waals surface area contributed by atoms with Crippen LogP contribution in [0.25, 0.3) is 6.08 Å². The second-order valence-electron chi connectivity index (χ2n) is 4.84. The number of nitrogens with one attached hydrogen (secondary N) is 1. The number of aliphatic hydroxyl groups excluding tert-OH is 1. The van der Waals surface area contributed by atoms with Crippen molar-refractivity contribution in [1.82, 2.24) is 5.32 Å². The first-order chi connectivity index (χ1) is 8.88. The number of carbonyl (C=O) groups is 1. The molecule has 1 amide bonds. The fraction of sp³-hybridized carbons (Fsp3) is 0.400. The molecule has 2 atom stereocenters. The van der Waals surface area contributed by atoms with E-state index in [-0.39, 0.29) is 11.9 Å². The van der Waals surface area contributed by atoms with E-state index in [4.69, 9.17) is 11.6 Å². The van der Waals surface area contributed by atoms with Crippen LogP contribution >= 0.6 is 11.6 Å². The molecule has 0 aliphatic carbocycles. The van der Waals surface area contributed by atoms with Crippen LogP contribution in [0.15, 0.2) is 24.3 Å². The van der Waals surface area contributed by atoms with Gasteiger partial charge in [0.1, 0.15) is 0 Å². The Morgan fingerprint density at radius 2 is 2.16 bits per heavy atom. The van der Waals surface area contributed by atoms with E-state index in [9.17, 15) is 9.90 Å². The minimum Gasteiger partial charge on any atom is -0.393 e. The molecule has 0 bridgehead atoms. The van der Waals surface area contributed by atoms with E-state index in [1.807, 2.05) is 32.0 Å². The smallest absolute Gasteiger partial charge is 0.244 e. The molecule has 0 aromatic heterocycles. The topological polar surface area (TPSA) is 49.3 Å². The zero-order valence-electron chi connectivity index (χ0n) is 11.5. The van der Waals surface area contributed by atoms with Crippen molar-refractivity contribution in [2.45, 2.75) is 39.3 Å². The van der Waals surface area contributed by atoms with Gasteiger partial charge in [0.25, 0.3) is 0 Å². The van der Waals surface area contributed by atoms with E-state index >= 15 is 0 Å². The molecule has 0 heterocycles. The standard InChI is InChI=1S/C15H20ClNO2/c1-10-4-5-13(9-14(10)16)6-7-15(19)17-11(2)8-12(3)18/h4-7,9,11-12,18H,8H2,1-3H3,(H,17,19)/b7-6+. The molecule has 1 rings (SSSR count). The number of rotatable bonds is 5. The van der Waals surface area contributed by atoms with Gasteiger partial charge >= 0.3 is 0 Å². The molecule has 1 aromatic rings. The lowest BCUT2D eigenvalue weighted by Crippen LogP contribution is -2.33. The Labute approximate surface area is 119 Å². The number of amides is 1. The molecule has 2 unspecified atom stereocenters. The Hall–Kier alpha value is -1.32. The van der Waals surface area contributed by atoms with Gasteiger partial charge in [0.2, 0.25) is 5.91 Å². The van der Waals surface area contributed by atoms with Crippen LogP contribution in [0, 0.1) is 6.92 Å². The molecule has 2 N–H and O–H groups in total. The van der Waals surface area contributed by atoms with Crippen molar-refractivity contribution < 1.29 is 9.90 Å². The Kier molecular flexibility index (Phi) is 6.06. The van der Waals surface area contributed by atoms with E-state index in [1.165, 1.54) is 6.08 Å². The van der Waals surface area contributed by atoms with Crippen LogP contribution in [0.3, 0.4) is 0 Å². The Balaban J connectivity index is 2.56. The van der Waals surface area contributed by atoms with Crippen LogP contribution in [-0.2, 0) is 4.79 Å². The van der Waals surface area contributed by atoms with E-state index in [0.29, 0.717) is 11.4 Å². The predicted octanol–water partition coefficient (Wildman–Crippen LogP) is 2.94. The highest BCUT2D eigenvalue weighted by Crippen LogP contribution is 2.17. The molecule has 0 aliphatic rings. The van der Waals surface area contributed by atoms with Gasteiger partial charge in [-0.3, -0.25) is 4.79 Å². The van der Waals surface area contributed by atoms with Crippen LogP contribution in [0.4, 0.5) is 0 Å². The molecule has 0 saturated heterocycles. The molecule has 0 saturated carbocycles. The maximum Gasteiger partial charge on any atom is 0.244 e. The SMILES string of the molecule is Cc1ccc(/C=C/C(=O)NC(C)CC(C)O)cc1Cl. The first kappa shape index (κ1) is 15.7. The maximum atomic E-state index is 11.6. The van der Waals surface area contributed by atoms with Gasteiger partial charge in [0.15, 0.2) is 0 Å². The molecule has 3 nitrogen and oxygen atoms in total. The van der Waals surface area contributed by atoms with Crippen molar-refractivity contribution in [3.8, 4) is 0 Å². The third kappa shape index (κ3) is 5.90. The summed E-state index contributed by atoms with van der Waals surface area (Å²) in [5.74, 6) is -0.176. The third-order valence-electron chi connectivity index (χ3n) is 2.71. The summed E-state index contributed by atoms with van der Waals surface area (Å²) in [4.78, 5) is 11.6. The second-order valence-corrected chi connectivity index (χ2v) is 5.24. The number of hydrogen-bond acceptors (Lipinski definition) is 2. The average Bonchev–Trinajstić information content (AvgIpc) is 2.29. The number of aliphatic hydroxyl groups is 1. The normalized spacial score (nSPS) is 14.4. The van der Waals surface area contributed by atoms with Crippen LogP contribution < -0.4 is 5.32 Å². The van der Waals surface area contributed by atoms with Crippen molar-refractivity contribution >= 4 is 23.6 Å². The molecule has 104 valence electrons. The summed E-state index contributed by atoms with van der Waals surface area (Å²) in [6.07, 6.45) is 3.31. The van der Waals surface area contributed by atoms with Crippen LogP contribution in [-0.4, -0.2) is 23.2 Å². The highest BCUT2D eigenvalue weighted by atomic mass is 35.5. The first-order valence-corrected chi connectivity index (χ1v) is 6.69. The minimum absolute atomic E-state index is 0.0567. The van der Waals surface area contributed by atoms with Gasteiger partial charge in [-0.2, -0.15) is 0 Å². The highest BCUT2D eigenvalue weighted by Gasteiger charge is 2.07. The molecule has 1 aromatic carbocycles. The van der Waals surface area contributed by atoms with Gasteiger partial charge in [-0.1, -0.05) is 23.7 Å². The minimum atomic E-state index is -0.421. The lowest BCUT2D eigenvalue weighted by atomic mass is 10.1. The monoisotopic (exact) mass is 281 g/mol. The van der Waals surface area contributed by atoms with Crippen molar-refractivity contribution in [2.75, 3.05) is 0 Å². The summed E-state index contributed by atoms with van der Waals surface area (Å²) < 4.78 is 0. The van der Waals surface area contributed by atoms with Gasteiger partial charge in [0, 0.05) is 17.1 Å². The van der Waals surface area contributed by atoms with Crippen molar-refractivity contribution in [3.05, 3.63) is 40.4 Å². The second kappa shape index (κ2) is 7.31. The zero-order chi connectivity index (χ0) is 14.4. The molecular weight excluding hydrogens is 262 g/mol. The fourth-order valence-corrected chi connectivity index (χ4v) is 1.94. The number of aryl methyl sites for hydroxylation is 1. The van der Waals surface area contributed by atoms with Crippen molar-refractivity contribution in [1.29, 1.82) is 0 Å². The van der Waals surface area contributed by atoms with Crippen molar-refractivity contribution in [3.63, 3.8) is 0 Å². The lowest BCUT2D eigenvalue weighted by molar-refractivity contribution is -0.117. The number of benzene rings is 1. The zero-order valence-corrected chi connectivity index (χ0v) is 12.2. The van der Waals surface area contributed by atoms with E-state index < -0.39 is 6.10 Å². The third-order valence-corrected chi connectivity index (χ3v) is 3.11. The van der Waals surface area contributed by atoms with E-state index in [1.54, 1.807) is 13.0 Å². The largest absolute Gasteiger partial charge is 0.393 e. The summed E-state index contributed by atoms with van der Waals surface area (Å²) >= 11 is 6.01. The molecule has 4 heteroatoms. The van der Waals surface area contributed by atoms with Crippen LogP contribution in [0.5, 0.6) is 0 Å². The molecule has 0 radical (unpaired) electrons. The Morgan fingerprint density at radius 1 is 1.47 bits per heavy atom. The van der Waals surface area contributed by atoms with Gasteiger partial charge in [-0.25, -0.2) is 0 Å². The fourth-order valence-electron chi connectivity index (χ4n) is 1.75. The number of halogens is 1. The molecule has 0 spiro atoms. The summed E-state index contributed by atoms with van der Waals surface area (Å²) in [5.41, 5.74) is 1.89. The Bertz CT molecular complexity index is 469. The molecule has 19 heavy (non-hydrogen) atoms. The summed E-state index contributed by atoms with van der Waals surface area (Å²) in [7, 11) is 0.